The molecule has 4 rings (SSSR count). The van der Waals surface area contributed by atoms with Crippen LogP contribution >= 0.6 is 11.6 Å². The highest BCUT2D eigenvalue weighted by atomic mass is 35.5. The third kappa shape index (κ3) is 3.47. The van der Waals surface area contributed by atoms with E-state index in [0.29, 0.717) is 24.7 Å². The average molecular weight is 384 g/mol. The van der Waals surface area contributed by atoms with Gasteiger partial charge < -0.3 is 4.90 Å². The fourth-order valence-corrected chi connectivity index (χ4v) is 3.71. The average Bonchev–Trinajstić information content (AvgIpc) is 3.02. The molecule has 0 aliphatic carbocycles. The first-order valence-electron chi connectivity index (χ1n) is 8.86. The van der Waals surface area contributed by atoms with Gasteiger partial charge in [0.2, 0.25) is 5.91 Å². The molecule has 0 fully saturated rings. The number of amides is 1. The number of carbonyl (C=O) groups is 1. The monoisotopic (exact) mass is 383 g/mol. The van der Waals surface area contributed by atoms with Crippen molar-refractivity contribution in [3.63, 3.8) is 0 Å². The van der Waals surface area contributed by atoms with Crippen LogP contribution in [0.5, 0.6) is 0 Å². The summed E-state index contributed by atoms with van der Waals surface area (Å²) >= 11 is 6.33. The lowest BCUT2D eigenvalue weighted by Crippen LogP contribution is -2.34. The number of hydrogen-bond acceptors (Lipinski definition) is 2. The van der Waals surface area contributed by atoms with E-state index in [9.17, 15) is 9.18 Å². The summed E-state index contributed by atoms with van der Waals surface area (Å²) in [5.41, 5.74) is 4.75. The zero-order valence-corrected chi connectivity index (χ0v) is 15.7. The first kappa shape index (κ1) is 17.7. The van der Waals surface area contributed by atoms with Crippen LogP contribution in [0.1, 0.15) is 23.7 Å². The van der Waals surface area contributed by atoms with E-state index >= 15 is 0 Å². The second-order valence-corrected chi connectivity index (χ2v) is 7.13. The lowest BCUT2D eigenvalue weighted by molar-refractivity contribution is -0.129. The predicted octanol–water partition coefficient (Wildman–Crippen LogP) is 4.30. The molecular weight excluding hydrogens is 365 g/mol. The van der Waals surface area contributed by atoms with Gasteiger partial charge in [-0.3, -0.25) is 9.48 Å². The smallest absolute Gasteiger partial charge is 0.219 e. The number of rotatable bonds is 3. The lowest BCUT2D eigenvalue weighted by Gasteiger charge is -2.27. The van der Waals surface area contributed by atoms with Gasteiger partial charge in [-0.05, 0) is 35.9 Å². The van der Waals surface area contributed by atoms with E-state index in [4.69, 9.17) is 16.7 Å². The Morgan fingerprint density at radius 3 is 2.63 bits per heavy atom. The van der Waals surface area contributed by atoms with Gasteiger partial charge in [0.25, 0.3) is 0 Å². The summed E-state index contributed by atoms with van der Waals surface area (Å²) in [6, 6.07) is 14.0. The molecule has 0 saturated carbocycles. The molecule has 0 bridgehead atoms. The van der Waals surface area contributed by atoms with Crippen LogP contribution in [-0.4, -0.2) is 27.1 Å². The van der Waals surface area contributed by atoms with Crippen molar-refractivity contribution in [2.75, 3.05) is 6.54 Å². The Morgan fingerprint density at radius 1 is 1.19 bits per heavy atom. The van der Waals surface area contributed by atoms with Crippen LogP contribution in [0.4, 0.5) is 4.39 Å². The molecular formula is C21H19ClFN3O. The molecule has 0 unspecified atom stereocenters. The fourth-order valence-electron chi connectivity index (χ4n) is 3.52. The highest BCUT2D eigenvalue weighted by Gasteiger charge is 2.27. The van der Waals surface area contributed by atoms with Crippen molar-refractivity contribution in [1.82, 2.24) is 14.7 Å². The maximum Gasteiger partial charge on any atom is 0.219 e. The van der Waals surface area contributed by atoms with Crippen molar-refractivity contribution in [2.24, 2.45) is 0 Å². The Kier molecular flexibility index (Phi) is 4.70. The van der Waals surface area contributed by atoms with Crippen molar-refractivity contribution in [1.29, 1.82) is 0 Å². The maximum absolute atomic E-state index is 13.4. The van der Waals surface area contributed by atoms with Gasteiger partial charge in [-0.2, -0.15) is 5.10 Å². The number of benzene rings is 2. The first-order chi connectivity index (χ1) is 13.0. The maximum atomic E-state index is 13.4. The highest BCUT2D eigenvalue weighted by Crippen LogP contribution is 2.31. The van der Waals surface area contributed by atoms with E-state index in [-0.39, 0.29) is 11.7 Å². The zero-order valence-electron chi connectivity index (χ0n) is 15.0. The predicted molar refractivity (Wildman–Crippen MR) is 103 cm³/mol. The number of nitrogens with zero attached hydrogens (tertiary/aromatic N) is 3. The number of aromatic nitrogens is 2. The van der Waals surface area contributed by atoms with E-state index in [1.54, 1.807) is 19.1 Å². The number of halogens is 2. The Balaban J connectivity index is 1.79. The van der Waals surface area contributed by atoms with Crippen LogP contribution in [0.15, 0.2) is 48.5 Å². The molecule has 1 aliphatic heterocycles. The molecule has 4 nitrogen and oxygen atoms in total. The molecule has 0 N–H and O–H groups in total. The summed E-state index contributed by atoms with van der Waals surface area (Å²) in [7, 11) is 0. The van der Waals surface area contributed by atoms with Gasteiger partial charge in [-0.1, -0.05) is 29.8 Å². The number of hydrogen-bond donors (Lipinski definition) is 0. The van der Waals surface area contributed by atoms with Crippen LogP contribution in [-0.2, 0) is 24.3 Å². The fraction of sp³-hybridized carbons (Fsp3) is 0.238. The molecule has 0 radical (unpaired) electrons. The van der Waals surface area contributed by atoms with Crippen molar-refractivity contribution in [3.05, 3.63) is 76.2 Å². The minimum Gasteiger partial charge on any atom is -0.338 e. The third-order valence-electron chi connectivity index (χ3n) is 4.97. The van der Waals surface area contributed by atoms with Crippen LogP contribution in [0.3, 0.4) is 0 Å². The van der Waals surface area contributed by atoms with Crippen molar-refractivity contribution < 1.29 is 9.18 Å². The Bertz CT molecular complexity index is 997. The van der Waals surface area contributed by atoms with E-state index in [2.05, 4.69) is 0 Å². The Labute approximate surface area is 162 Å². The third-order valence-corrected chi connectivity index (χ3v) is 5.34. The molecule has 1 amide bonds. The summed E-state index contributed by atoms with van der Waals surface area (Å²) in [6.07, 6.45) is 0.730. The molecule has 1 aromatic heterocycles. The van der Waals surface area contributed by atoms with Crippen LogP contribution in [0.25, 0.3) is 11.3 Å². The van der Waals surface area contributed by atoms with Crippen molar-refractivity contribution >= 4 is 17.5 Å². The Hall–Kier alpha value is -2.66. The molecule has 27 heavy (non-hydrogen) atoms. The number of carbonyl (C=O) groups excluding carboxylic acids is 1. The van der Waals surface area contributed by atoms with Gasteiger partial charge in [0.1, 0.15) is 5.82 Å². The van der Waals surface area contributed by atoms with E-state index in [0.717, 1.165) is 34.5 Å². The van der Waals surface area contributed by atoms with E-state index < -0.39 is 0 Å². The molecule has 2 aromatic carbocycles. The molecule has 2 heterocycles. The largest absolute Gasteiger partial charge is 0.338 e. The summed E-state index contributed by atoms with van der Waals surface area (Å²) in [5.74, 6) is -0.238. The molecule has 3 aromatic rings. The van der Waals surface area contributed by atoms with Gasteiger partial charge in [0, 0.05) is 48.3 Å². The molecule has 1 aliphatic rings. The Morgan fingerprint density at radius 2 is 1.93 bits per heavy atom. The minimum absolute atomic E-state index is 0.0459. The summed E-state index contributed by atoms with van der Waals surface area (Å²) < 4.78 is 15.3. The van der Waals surface area contributed by atoms with Gasteiger partial charge in [-0.25, -0.2) is 4.39 Å². The summed E-state index contributed by atoms with van der Waals surface area (Å²) in [5, 5.41) is 5.52. The second kappa shape index (κ2) is 7.16. The standard InChI is InChI=1S/C21H19ClFN3O/c1-14(27)25-11-10-20-18(13-25)21(15-6-8-17(23)9-7-15)24-26(20)12-16-4-2-3-5-19(16)22/h2-9H,10-13H2,1H3. The molecule has 138 valence electrons. The van der Waals surface area contributed by atoms with E-state index in [1.807, 2.05) is 33.8 Å². The van der Waals surface area contributed by atoms with Gasteiger partial charge in [0.05, 0.1) is 12.2 Å². The van der Waals surface area contributed by atoms with Crippen LogP contribution < -0.4 is 0 Å². The van der Waals surface area contributed by atoms with Crippen molar-refractivity contribution in [3.8, 4) is 11.3 Å². The molecule has 0 spiro atoms. The van der Waals surface area contributed by atoms with E-state index in [1.165, 1.54) is 12.1 Å². The zero-order chi connectivity index (χ0) is 19.0. The highest BCUT2D eigenvalue weighted by molar-refractivity contribution is 6.31. The normalized spacial score (nSPS) is 13.5. The van der Waals surface area contributed by atoms with Gasteiger partial charge >= 0.3 is 0 Å². The van der Waals surface area contributed by atoms with Crippen molar-refractivity contribution in [2.45, 2.75) is 26.4 Å². The number of fused-ring (bicyclic) bond motifs is 1. The SMILES string of the molecule is CC(=O)N1CCc2c(c(-c3ccc(F)cc3)nn2Cc2ccccc2Cl)C1. The first-order valence-corrected chi connectivity index (χ1v) is 9.24. The molecule has 6 heteroatoms. The minimum atomic E-state index is -0.284. The topological polar surface area (TPSA) is 38.1 Å². The van der Waals surface area contributed by atoms with Gasteiger partial charge in [-0.15, -0.1) is 0 Å². The van der Waals surface area contributed by atoms with Gasteiger partial charge in [0.15, 0.2) is 0 Å². The second-order valence-electron chi connectivity index (χ2n) is 6.72. The molecule has 0 atom stereocenters. The molecule has 0 saturated heterocycles. The van der Waals surface area contributed by atoms with Crippen LogP contribution in [0, 0.1) is 5.82 Å². The lowest BCUT2D eigenvalue weighted by atomic mass is 10.0. The quantitative estimate of drug-likeness (QED) is 0.676. The van der Waals surface area contributed by atoms with Crippen LogP contribution in [0.2, 0.25) is 5.02 Å². The summed E-state index contributed by atoms with van der Waals surface area (Å²) in [4.78, 5) is 13.7. The summed E-state index contributed by atoms with van der Waals surface area (Å²) in [6.45, 7) is 3.32.